The van der Waals surface area contributed by atoms with Gasteiger partial charge in [0, 0.05) is 18.1 Å². The van der Waals surface area contributed by atoms with Gasteiger partial charge in [-0.2, -0.15) is 0 Å². The number of nitrogens with zero attached hydrogens (tertiary/aromatic N) is 2. The van der Waals surface area contributed by atoms with Crippen LogP contribution in [0.3, 0.4) is 0 Å². The number of rotatable bonds is 7. The van der Waals surface area contributed by atoms with E-state index in [1.165, 1.54) is 23.1 Å². The number of aromatic nitrogens is 2. The van der Waals surface area contributed by atoms with Crippen molar-refractivity contribution in [1.82, 2.24) is 15.5 Å². The first-order valence-corrected chi connectivity index (χ1v) is 8.56. The van der Waals surface area contributed by atoms with Crippen LogP contribution in [0.1, 0.15) is 12.5 Å². The molecule has 0 aliphatic carbocycles. The van der Waals surface area contributed by atoms with Crippen LogP contribution >= 0.6 is 34.7 Å². The minimum atomic E-state index is -0.0415. The largest absolute Gasteiger partial charge is 0.360 e. The first-order chi connectivity index (χ1) is 10.2. The molecule has 112 valence electrons. The highest BCUT2D eigenvalue weighted by molar-refractivity contribution is 8.01. The number of hydrogen-bond acceptors (Lipinski definition) is 6. The van der Waals surface area contributed by atoms with Crippen LogP contribution in [-0.2, 0) is 11.3 Å². The quantitative estimate of drug-likeness (QED) is 0.757. The summed E-state index contributed by atoms with van der Waals surface area (Å²) in [7, 11) is 0. The van der Waals surface area contributed by atoms with Crippen molar-refractivity contribution >= 4 is 45.7 Å². The van der Waals surface area contributed by atoms with Gasteiger partial charge in [-0.15, -0.1) is 10.2 Å². The topological polar surface area (TPSA) is 66.9 Å². The highest BCUT2D eigenvalue weighted by atomic mass is 35.5. The van der Waals surface area contributed by atoms with E-state index in [1.807, 2.05) is 25.1 Å². The van der Waals surface area contributed by atoms with Crippen LogP contribution < -0.4 is 10.6 Å². The van der Waals surface area contributed by atoms with Crippen LogP contribution in [0.25, 0.3) is 0 Å². The van der Waals surface area contributed by atoms with Gasteiger partial charge in [-0.05, 0) is 24.6 Å². The Balaban J connectivity index is 1.74. The van der Waals surface area contributed by atoms with Gasteiger partial charge in [0.25, 0.3) is 0 Å². The summed E-state index contributed by atoms with van der Waals surface area (Å²) in [5.74, 6) is 0.279. The van der Waals surface area contributed by atoms with Gasteiger partial charge in [-0.3, -0.25) is 4.79 Å². The molecule has 0 unspecified atom stereocenters. The van der Waals surface area contributed by atoms with Crippen LogP contribution in [0.5, 0.6) is 0 Å². The number of nitrogens with one attached hydrogen (secondary N) is 2. The molecule has 0 radical (unpaired) electrons. The zero-order valence-electron chi connectivity index (χ0n) is 11.4. The van der Waals surface area contributed by atoms with E-state index in [1.54, 1.807) is 6.07 Å². The molecule has 1 amide bonds. The number of benzene rings is 1. The summed E-state index contributed by atoms with van der Waals surface area (Å²) in [6, 6.07) is 7.43. The zero-order chi connectivity index (χ0) is 15.1. The third kappa shape index (κ3) is 5.53. The van der Waals surface area contributed by atoms with Crippen molar-refractivity contribution in [2.24, 2.45) is 0 Å². The van der Waals surface area contributed by atoms with Crippen LogP contribution in [0, 0.1) is 0 Å². The Bertz CT molecular complexity index is 605. The number of carbonyl (C=O) groups excluding carboxylic acids is 1. The second kappa shape index (κ2) is 8.21. The van der Waals surface area contributed by atoms with E-state index >= 15 is 0 Å². The van der Waals surface area contributed by atoms with Crippen LogP contribution in [0.2, 0.25) is 5.02 Å². The van der Waals surface area contributed by atoms with E-state index in [2.05, 4.69) is 20.8 Å². The molecule has 0 bridgehead atoms. The summed E-state index contributed by atoms with van der Waals surface area (Å²) in [5, 5.41) is 15.4. The number of carbonyl (C=O) groups is 1. The highest BCUT2D eigenvalue weighted by Crippen LogP contribution is 2.25. The van der Waals surface area contributed by atoms with Crippen molar-refractivity contribution in [2.75, 3.05) is 17.6 Å². The predicted octanol–water partition coefficient (Wildman–Crippen LogP) is 3.03. The second-order valence-corrected chi connectivity index (χ2v) is 6.74. The van der Waals surface area contributed by atoms with E-state index in [0.29, 0.717) is 17.3 Å². The van der Waals surface area contributed by atoms with Crippen LogP contribution in [0.4, 0.5) is 5.13 Å². The maximum atomic E-state index is 11.8. The molecule has 21 heavy (non-hydrogen) atoms. The molecular weight excluding hydrogens is 328 g/mol. The standard InChI is InChI=1S/C13H15ClN4OS2/c1-2-15-12-17-18-13(21-12)20-8-11(19)16-7-9-4-3-5-10(14)6-9/h3-6H,2,7-8H2,1H3,(H,15,17)(H,16,19). The monoisotopic (exact) mass is 342 g/mol. The van der Waals surface area contributed by atoms with Crippen molar-refractivity contribution < 1.29 is 4.79 Å². The summed E-state index contributed by atoms with van der Waals surface area (Å²) in [6.45, 7) is 3.27. The molecule has 0 aliphatic heterocycles. The smallest absolute Gasteiger partial charge is 0.230 e. The minimum absolute atomic E-state index is 0.0415. The number of halogens is 1. The van der Waals surface area contributed by atoms with E-state index in [9.17, 15) is 4.79 Å². The number of amides is 1. The fourth-order valence-electron chi connectivity index (χ4n) is 1.52. The molecule has 0 spiro atoms. The maximum absolute atomic E-state index is 11.8. The van der Waals surface area contributed by atoms with E-state index in [0.717, 1.165) is 21.6 Å². The molecule has 0 atom stereocenters. The third-order valence-corrected chi connectivity index (χ3v) is 4.69. The lowest BCUT2D eigenvalue weighted by molar-refractivity contribution is -0.118. The zero-order valence-corrected chi connectivity index (χ0v) is 13.8. The molecule has 8 heteroatoms. The molecule has 0 aliphatic rings. The summed E-state index contributed by atoms with van der Waals surface area (Å²) >= 11 is 8.72. The molecule has 0 saturated carbocycles. The molecule has 1 aromatic heterocycles. The number of anilines is 1. The average Bonchev–Trinajstić information content (AvgIpc) is 2.91. The Kier molecular flexibility index (Phi) is 6.28. The normalized spacial score (nSPS) is 10.4. The van der Waals surface area contributed by atoms with Gasteiger partial charge < -0.3 is 10.6 Å². The number of thioether (sulfide) groups is 1. The fraction of sp³-hybridized carbons (Fsp3) is 0.308. The first kappa shape index (κ1) is 16.1. The van der Waals surface area contributed by atoms with Gasteiger partial charge in [-0.25, -0.2) is 0 Å². The highest BCUT2D eigenvalue weighted by Gasteiger charge is 2.07. The minimum Gasteiger partial charge on any atom is -0.360 e. The van der Waals surface area contributed by atoms with Crippen molar-refractivity contribution in [2.45, 2.75) is 17.8 Å². The summed E-state index contributed by atoms with van der Waals surface area (Å²) in [5.41, 5.74) is 0.978. The Morgan fingerprint density at radius 1 is 1.43 bits per heavy atom. The Morgan fingerprint density at radius 2 is 2.29 bits per heavy atom. The lowest BCUT2D eigenvalue weighted by Gasteiger charge is -2.04. The van der Waals surface area contributed by atoms with Gasteiger partial charge in [0.15, 0.2) is 4.34 Å². The number of hydrogen-bond donors (Lipinski definition) is 2. The molecule has 2 aromatic rings. The Hall–Kier alpha value is -1.31. The van der Waals surface area contributed by atoms with Crippen LogP contribution in [0.15, 0.2) is 28.6 Å². The maximum Gasteiger partial charge on any atom is 0.230 e. The fourth-order valence-corrected chi connectivity index (χ4v) is 3.38. The van der Waals surface area contributed by atoms with Crippen molar-refractivity contribution in [1.29, 1.82) is 0 Å². The Morgan fingerprint density at radius 3 is 3.05 bits per heavy atom. The first-order valence-electron chi connectivity index (χ1n) is 6.38. The van der Waals surface area contributed by atoms with Gasteiger partial charge in [0.05, 0.1) is 5.75 Å². The molecule has 5 nitrogen and oxygen atoms in total. The van der Waals surface area contributed by atoms with Gasteiger partial charge >= 0.3 is 0 Å². The molecule has 0 fully saturated rings. The van der Waals surface area contributed by atoms with Crippen molar-refractivity contribution in [3.05, 3.63) is 34.9 Å². The van der Waals surface area contributed by atoms with E-state index < -0.39 is 0 Å². The lowest BCUT2D eigenvalue weighted by atomic mass is 10.2. The molecule has 1 aromatic carbocycles. The molecule has 0 saturated heterocycles. The second-order valence-electron chi connectivity index (χ2n) is 4.10. The van der Waals surface area contributed by atoms with Gasteiger partial charge in [0.2, 0.25) is 11.0 Å². The lowest BCUT2D eigenvalue weighted by Crippen LogP contribution is -2.24. The van der Waals surface area contributed by atoms with E-state index in [4.69, 9.17) is 11.6 Å². The SMILES string of the molecule is CCNc1nnc(SCC(=O)NCc2cccc(Cl)c2)s1. The molecule has 1 heterocycles. The average molecular weight is 343 g/mol. The van der Waals surface area contributed by atoms with Gasteiger partial charge in [0.1, 0.15) is 0 Å². The summed E-state index contributed by atoms with van der Waals surface area (Å²) in [4.78, 5) is 11.8. The predicted molar refractivity (Wildman–Crippen MR) is 88.1 cm³/mol. The Labute approximate surface area is 136 Å². The van der Waals surface area contributed by atoms with Crippen molar-refractivity contribution in [3.8, 4) is 0 Å². The summed E-state index contributed by atoms with van der Waals surface area (Å²) < 4.78 is 0.781. The van der Waals surface area contributed by atoms with E-state index in [-0.39, 0.29) is 5.91 Å². The van der Waals surface area contributed by atoms with Crippen LogP contribution in [-0.4, -0.2) is 28.4 Å². The molecule has 2 rings (SSSR count). The summed E-state index contributed by atoms with van der Waals surface area (Å²) in [6.07, 6.45) is 0. The molecule has 2 N–H and O–H groups in total. The third-order valence-electron chi connectivity index (χ3n) is 2.44. The molecular formula is C13H15ClN4OS2. The van der Waals surface area contributed by atoms with Gasteiger partial charge in [-0.1, -0.05) is 46.8 Å². The van der Waals surface area contributed by atoms with Crippen molar-refractivity contribution in [3.63, 3.8) is 0 Å².